The van der Waals surface area contributed by atoms with E-state index in [0.717, 1.165) is 18.4 Å². The maximum atomic E-state index is 11.6. The number of methoxy groups -OCH3 is 1. The van der Waals surface area contributed by atoms with Crippen LogP contribution in [0.25, 0.3) is 0 Å². The first-order chi connectivity index (χ1) is 9.14. The van der Waals surface area contributed by atoms with E-state index in [-0.39, 0.29) is 18.5 Å². The standard InChI is InChI=1S/C14H14O5/c1-17-13(16)14(4-5-14)8-19-10-3-2-9-7-18-12(15)11(9)6-10/h2-3,6H,4-5,7-8H2,1H3. The molecule has 1 saturated carbocycles. The molecule has 1 heterocycles. The molecule has 1 aliphatic carbocycles. The summed E-state index contributed by atoms with van der Waals surface area (Å²) in [5.41, 5.74) is 0.917. The molecule has 5 nitrogen and oxygen atoms in total. The van der Waals surface area contributed by atoms with Gasteiger partial charge < -0.3 is 14.2 Å². The Bertz CT molecular complexity index is 545. The number of esters is 2. The van der Waals surface area contributed by atoms with Gasteiger partial charge >= 0.3 is 11.9 Å². The molecule has 2 aliphatic rings. The second-order valence-electron chi connectivity index (χ2n) is 4.96. The Morgan fingerprint density at radius 3 is 2.89 bits per heavy atom. The molecular weight excluding hydrogens is 248 g/mol. The number of hydrogen-bond acceptors (Lipinski definition) is 5. The first kappa shape index (κ1) is 12.0. The third-order valence-electron chi connectivity index (χ3n) is 3.65. The lowest BCUT2D eigenvalue weighted by atomic mass is 10.1. The molecule has 100 valence electrons. The van der Waals surface area contributed by atoms with Crippen LogP contribution in [-0.4, -0.2) is 25.7 Å². The van der Waals surface area contributed by atoms with Gasteiger partial charge in [-0.25, -0.2) is 4.79 Å². The largest absolute Gasteiger partial charge is 0.492 e. The molecule has 0 amide bonds. The van der Waals surface area contributed by atoms with Crippen molar-refractivity contribution in [2.45, 2.75) is 19.4 Å². The Labute approximate surface area is 110 Å². The number of hydrogen-bond donors (Lipinski definition) is 0. The summed E-state index contributed by atoms with van der Waals surface area (Å²) in [5.74, 6) is 0.0235. The molecule has 3 rings (SSSR count). The lowest BCUT2D eigenvalue weighted by molar-refractivity contribution is -0.148. The number of carbonyl (C=O) groups excluding carboxylic acids is 2. The maximum Gasteiger partial charge on any atom is 0.339 e. The molecule has 0 aromatic heterocycles. The molecule has 0 unspecified atom stereocenters. The molecule has 1 aromatic carbocycles. The topological polar surface area (TPSA) is 61.8 Å². The number of ether oxygens (including phenoxy) is 3. The molecule has 0 atom stereocenters. The molecule has 19 heavy (non-hydrogen) atoms. The average Bonchev–Trinajstić information content (AvgIpc) is 3.15. The van der Waals surface area contributed by atoms with Gasteiger partial charge in [0.15, 0.2) is 0 Å². The molecule has 1 aromatic rings. The van der Waals surface area contributed by atoms with E-state index in [1.807, 2.05) is 6.07 Å². The molecule has 1 aliphatic heterocycles. The van der Waals surface area contributed by atoms with Crippen LogP contribution in [0.3, 0.4) is 0 Å². The Hall–Kier alpha value is -2.04. The van der Waals surface area contributed by atoms with Crippen LogP contribution in [-0.2, 0) is 20.9 Å². The Morgan fingerprint density at radius 1 is 1.42 bits per heavy atom. The first-order valence-corrected chi connectivity index (χ1v) is 6.16. The molecule has 0 bridgehead atoms. The third kappa shape index (κ3) is 2.05. The zero-order valence-electron chi connectivity index (χ0n) is 10.6. The predicted molar refractivity (Wildman–Crippen MR) is 64.7 cm³/mol. The lowest BCUT2D eigenvalue weighted by Gasteiger charge is -2.14. The summed E-state index contributed by atoms with van der Waals surface area (Å²) in [5, 5.41) is 0. The average molecular weight is 262 g/mol. The summed E-state index contributed by atoms with van der Waals surface area (Å²) in [7, 11) is 1.38. The summed E-state index contributed by atoms with van der Waals surface area (Å²) < 4.78 is 15.3. The van der Waals surface area contributed by atoms with Gasteiger partial charge in [-0.15, -0.1) is 0 Å². The minimum atomic E-state index is -0.492. The highest BCUT2D eigenvalue weighted by molar-refractivity contribution is 5.93. The number of fused-ring (bicyclic) bond motifs is 1. The van der Waals surface area contributed by atoms with E-state index in [9.17, 15) is 9.59 Å². The van der Waals surface area contributed by atoms with Crippen LogP contribution in [0, 0.1) is 5.41 Å². The van der Waals surface area contributed by atoms with Crippen molar-refractivity contribution in [1.29, 1.82) is 0 Å². The minimum Gasteiger partial charge on any atom is -0.492 e. The van der Waals surface area contributed by atoms with Crippen molar-refractivity contribution >= 4 is 11.9 Å². The number of rotatable bonds is 4. The van der Waals surface area contributed by atoms with Gasteiger partial charge in [0.05, 0.1) is 12.7 Å². The monoisotopic (exact) mass is 262 g/mol. The van der Waals surface area contributed by atoms with Crippen LogP contribution in [0.15, 0.2) is 18.2 Å². The summed E-state index contributed by atoms with van der Waals surface area (Å²) >= 11 is 0. The van der Waals surface area contributed by atoms with Crippen molar-refractivity contribution < 1.29 is 23.8 Å². The van der Waals surface area contributed by atoms with Crippen LogP contribution in [0.5, 0.6) is 5.75 Å². The molecule has 0 saturated heterocycles. The maximum absolute atomic E-state index is 11.6. The lowest BCUT2D eigenvalue weighted by Crippen LogP contribution is -2.24. The molecule has 0 N–H and O–H groups in total. The quantitative estimate of drug-likeness (QED) is 0.773. The van der Waals surface area contributed by atoms with E-state index < -0.39 is 5.41 Å². The van der Waals surface area contributed by atoms with E-state index in [2.05, 4.69) is 0 Å². The Morgan fingerprint density at radius 2 is 2.21 bits per heavy atom. The van der Waals surface area contributed by atoms with E-state index in [1.165, 1.54) is 7.11 Å². The van der Waals surface area contributed by atoms with Crippen molar-refractivity contribution in [2.24, 2.45) is 5.41 Å². The Kier molecular flexibility index (Phi) is 2.69. The van der Waals surface area contributed by atoms with Gasteiger partial charge in [-0.05, 0) is 25.0 Å². The van der Waals surface area contributed by atoms with Crippen LogP contribution < -0.4 is 4.74 Å². The highest BCUT2D eigenvalue weighted by atomic mass is 16.5. The summed E-state index contributed by atoms with van der Waals surface area (Å²) in [4.78, 5) is 23.0. The van der Waals surface area contributed by atoms with Gasteiger partial charge in [-0.1, -0.05) is 6.07 Å². The van der Waals surface area contributed by atoms with Gasteiger partial charge in [0.2, 0.25) is 0 Å². The fourth-order valence-electron chi connectivity index (χ4n) is 2.18. The van der Waals surface area contributed by atoms with E-state index in [1.54, 1.807) is 12.1 Å². The highest BCUT2D eigenvalue weighted by Crippen LogP contribution is 2.47. The Balaban J connectivity index is 1.70. The summed E-state index contributed by atoms with van der Waals surface area (Å²) in [6.07, 6.45) is 1.57. The van der Waals surface area contributed by atoms with Crippen molar-refractivity contribution in [1.82, 2.24) is 0 Å². The van der Waals surface area contributed by atoms with Crippen molar-refractivity contribution in [3.05, 3.63) is 29.3 Å². The predicted octanol–water partition coefficient (Wildman–Crippen LogP) is 1.69. The minimum absolute atomic E-state index is 0.229. The van der Waals surface area contributed by atoms with Crippen LogP contribution in [0.1, 0.15) is 28.8 Å². The number of cyclic esters (lactones) is 1. The van der Waals surface area contributed by atoms with Crippen LogP contribution in [0.2, 0.25) is 0 Å². The molecule has 0 radical (unpaired) electrons. The second-order valence-corrected chi connectivity index (χ2v) is 4.96. The molecule has 0 spiro atoms. The first-order valence-electron chi connectivity index (χ1n) is 6.16. The molecule has 5 heteroatoms. The number of carbonyl (C=O) groups is 2. The van der Waals surface area contributed by atoms with Crippen LogP contribution in [0.4, 0.5) is 0 Å². The molecular formula is C14H14O5. The smallest absolute Gasteiger partial charge is 0.339 e. The summed E-state index contributed by atoms with van der Waals surface area (Å²) in [6, 6.07) is 5.26. The van der Waals surface area contributed by atoms with E-state index in [0.29, 0.717) is 17.9 Å². The van der Waals surface area contributed by atoms with Gasteiger partial charge in [0.25, 0.3) is 0 Å². The van der Waals surface area contributed by atoms with Gasteiger partial charge in [0.1, 0.15) is 24.4 Å². The van der Waals surface area contributed by atoms with Crippen molar-refractivity contribution in [3.8, 4) is 5.75 Å². The number of benzene rings is 1. The molecule has 1 fully saturated rings. The van der Waals surface area contributed by atoms with Crippen molar-refractivity contribution in [2.75, 3.05) is 13.7 Å². The fraction of sp³-hybridized carbons (Fsp3) is 0.429. The highest BCUT2D eigenvalue weighted by Gasteiger charge is 2.52. The summed E-state index contributed by atoms with van der Waals surface area (Å²) in [6.45, 7) is 0.605. The van der Waals surface area contributed by atoms with Gasteiger partial charge in [-0.2, -0.15) is 0 Å². The van der Waals surface area contributed by atoms with Gasteiger partial charge in [0, 0.05) is 5.56 Å². The zero-order chi connectivity index (χ0) is 13.5. The van der Waals surface area contributed by atoms with Crippen LogP contribution >= 0.6 is 0 Å². The van der Waals surface area contributed by atoms with Crippen molar-refractivity contribution in [3.63, 3.8) is 0 Å². The fourth-order valence-corrected chi connectivity index (χ4v) is 2.18. The van der Waals surface area contributed by atoms with E-state index >= 15 is 0 Å². The zero-order valence-corrected chi connectivity index (χ0v) is 10.6. The SMILES string of the molecule is COC(=O)C1(COc2ccc3c(c2)C(=O)OC3)CC1. The normalized spacial score (nSPS) is 18.5. The van der Waals surface area contributed by atoms with E-state index in [4.69, 9.17) is 14.2 Å². The third-order valence-corrected chi connectivity index (χ3v) is 3.65. The van der Waals surface area contributed by atoms with Gasteiger partial charge in [-0.3, -0.25) is 4.79 Å². The second kappa shape index (κ2) is 4.26.